The second kappa shape index (κ2) is 21.8. The van der Waals surface area contributed by atoms with Gasteiger partial charge in [0.15, 0.2) is 0 Å². The van der Waals surface area contributed by atoms with Crippen LogP contribution >= 0.6 is 35.2 Å². The molecule has 0 bridgehead atoms. The maximum absolute atomic E-state index is 10.6. The number of hydrogen-bond donors (Lipinski definition) is 0. The van der Waals surface area contributed by atoms with Crippen LogP contribution in [0.4, 0.5) is 27.5 Å². The van der Waals surface area contributed by atoms with Crippen LogP contribution in [0.3, 0.4) is 0 Å². The number of hydrogen-bond acceptors (Lipinski definition) is 5. The number of rotatable bonds is 12. The van der Waals surface area contributed by atoms with Gasteiger partial charge in [0.05, 0.1) is 0 Å². The van der Waals surface area contributed by atoms with Gasteiger partial charge >= 0.3 is 61.6 Å². The molecule has 0 atom stereocenters. The number of carbonyl (C=O) groups is 1. The number of halogens is 2. The van der Waals surface area contributed by atoms with Crippen LogP contribution in [0.5, 0.6) is 0 Å². The number of fused-ring (bicyclic) bond motifs is 2. The van der Waals surface area contributed by atoms with Crippen molar-refractivity contribution >= 4 is 116 Å². The molecular weight excluding hydrogens is 981 g/mol. The number of anilines is 4. The quantitative estimate of drug-likeness (QED) is 0.0900. The summed E-state index contributed by atoms with van der Waals surface area (Å²) in [7, 11) is 28.9. The van der Waals surface area contributed by atoms with Gasteiger partial charge in [-0.2, -0.15) is 0 Å². The van der Waals surface area contributed by atoms with Crippen molar-refractivity contribution in [1.29, 1.82) is 0 Å². The Morgan fingerprint density at radius 3 is 0.879 bits per heavy atom. The molecule has 66 heavy (non-hydrogen) atoms. The Morgan fingerprint density at radius 1 is 0.379 bits per heavy atom. The summed E-state index contributed by atoms with van der Waals surface area (Å²) in [6.45, 7) is 0. The molecule has 0 radical (unpaired) electrons. The van der Waals surface area contributed by atoms with Gasteiger partial charge in [-0.3, -0.25) is 0 Å². The smallest absolute Gasteiger partial charge is 0.0361 e. The van der Waals surface area contributed by atoms with Crippen LogP contribution < -0.4 is 51.4 Å². The minimum Gasteiger partial charge on any atom is -0.378 e. The Bertz CT molecular complexity index is 2610. The molecule has 0 fully saturated rings. The molecule has 6 nitrogen and oxygen atoms in total. The summed E-state index contributed by atoms with van der Waals surface area (Å²) in [5, 5.41) is 13.1. The zero-order valence-corrected chi connectivity index (χ0v) is 44.4. The molecule has 0 aliphatic heterocycles. The molecular formula is C55H58Cl2N5OP2Ru. The molecule has 0 N–H and O–H groups in total. The van der Waals surface area contributed by atoms with Gasteiger partial charge in [-0.15, -0.1) is 0 Å². The Morgan fingerprint density at radius 2 is 0.652 bits per heavy atom. The third kappa shape index (κ3) is 10.9. The van der Waals surface area contributed by atoms with Crippen molar-refractivity contribution in [2.75, 3.05) is 90.1 Å². The van der Waals surface area contributed by atoms with Crippen LogP contribution in [0.15, 0.2) is 170 Å². The van der Waals surface area contributed by atoms with Crippen molar-refractivity contribution in [2.45, 2.75) is 0 Å². The molecule has 0 unspecified atom stereocenters. The fraction of sp³-hybridized carbons (Fsp3) is 0.182. The van der Waals surface area contributed by atoms with E-state index in [4.69, 9.17) is 19.4 Å². The second-order valence-corrected chi connectivity index (χ2v) is 27.0. The average Bonchev–Trinajstić information content (AvgIpc) is 3.32. The van der Waals surface area contributed by atoms with E-state index < -0.39 is 29.8 Å². The molecule has 0 saturated carbocycles. The summed E-state index contributed by atoms with van der Waals surface area (Å²) in [4.78, 5) is 20.7. The standard InChI is InChI=1S/C52H52N4P2.C3H6NO.2ClH.Ru/c1-53(2)39-19-27-43(28-20-39)57(44-29-21-40(22-30-44)54(3)4)49-35-17-37-13-9-11-15-47(37)51(49)52-48-16-12-10-14-38(48)18-36-50(52)58(45-31-23-41(24-32-45)55(5)6)46-33-25-42(26-34-46)56(7)8;1-4(2)3-5;;;/h9-36H,1-8H3;1-2H3;2*1H;/q;;;;+2/p-2. The van der Waals surface area contributed by atoms with Gasteiger partial charge < -0.3 is 19.6 Å². The van der Waals surface area contributed by atoms with Crippen molar-refractivity contribution in [2.24, 2.45) is 0 Å². The van der Waals surface area contributed by atoms with E-state index >= 15 is 0 Å². The SMILES string of the molecule is CN(C)[C](=O)[Ru]([Cl])[Cl].CN(C)c1ccc(P(c2ccc(N(C)C)cc2)c2ccc3ccccc3c2-c2c(P(c3ccc(N(C)C)cc3)c3ccc(N(C)C)cc3)ccc3ccccc23)cc1. The first-order valence-corrected chi connectivity index (χ1v) is 29.6. The second-order valence-electron chi connectivity index (χ2n) is 17.0. The Hall–Kier alpha value is -4.99. The first kappa shape index (κ1) is 48.9. The van der Waals surface area contributed by atoms with Crippen molar-refractivity contribution in [3.05, 3.63) is 170 Å². The van der Waals surface area contributed by atoms with E-state index in [1.54, 1.807) is 14.1 Å². The average molecular weight is 1040 g/mol. The van der Waals surface area contributed by atoms with Crippen molar-refractivity contribution < 1.29 is 18.8 Å². The van der Waals surface area contributed by atoms with Gasteiger partial charge in [0.25, 0.3) is 0 Å². The normalized spacial score (nSPS) is 11.3. The monoisotopic (exact) mass is 1040 g/mol. The third-order valence-electron chi connectivity index (χ3n) is 11.5. The van der Waals surface area contributed by atoms with Crippen molar-refractivity contribution in [3.8, 4) is 11.1 Å². The van der Waals surface area contributed by atoms with E-state index in [2.05, 4.69) is 246 Å². The van der Waals surface area contributed by atoms with E-state index in [-0.39, 0.29) is 4.50 Å². The largest absolute Gasteiger partial charge is 0.378 e. The van der Waals surface area contributed by atoms with Crippen LogP contribution in [-0.4, -0.2) is 79.9 Å². The topological polar surface area (TPSA) is 33.3 Å². The van der Waals surface area contributed by atoms with E-state index in [1.165, 1.54) is 92.1 Å². The molecule has 0 heterocycles. The molecule has 1 amide bonds. The van der Waals surface area contributed by atoms with Crippen LogP contribution in [-0.2, 0) is 14.0 Å². The van der Waals surface area contributed by atoms with Crippen molar-refractivity contribution in [1.82, 2.24) is 4.90 Å². The summed E-state index contributed by atoms with van der Waals surface area (Å²) < 4.78 is -0.141. The molecule has 341 valence electrons. The molecule has 8 rings (SSSR count). The Balaban J connectivity index is 0.000000742. The molecule has 8 aromatic rings. The van der Waals surface area contributed by atoms with Gasteiger partial charge in [0.2, 0.25) is 0 Å². The molecule has 0 aliphatic carbocycles. The van der Waals surface area contributed by atoms with E-state index in [9.17, 15) is 4.79 Å². The fourth-order valence-electron chi connectivity index (χ4n) is 7.99. The summed E-state index contributed by atoms with van der Waals surface area (Å²) >= 11 is -2.13. The molecule has 0 aromatic heterocycles. The summed E-state index contributed by atoms with van der Waals surface area (Å²) in [6.07, 6.45) is 0. The predicted octanol–water partition coefficient (Wildman–Crippen LogP) is 11.0. The van der Waals surface area contributed by atoms with E-state index in [1.807, 2.05) is 0 Å². The number of nitrogens with zero attached hydrogens (tertiary/aromatic N) is 5. The zero-order chi connectivity index (χ0) is 47.2. The number of carbonyl (C=O) groups excluding carboxylic acids is 1. The van der Waals surface area contributed by atoms with Crippen molar-refractivity contribution in [3.63, 3.8) is 0 Å². The molecule has 11 heteroatoms. The molecule has 0 spiro atoms. The Kier molecular flexibility index (Phi) is 16.1. The van der Waals surface area contributed by atoms with Gasteiger partial charge in [0.1, 0.15) is 0 Å². The molecule has 0 aliphatic rings. The van der Waals surface area contributed by atoms with Gasteiger partial charge in [-0.05, 0) is 129 Å². The minimum absolute atomic E-state index is 0.141. The molecule has 0 saturated heterocycles. The van der Waals surface area contributed by atoms with Crippen LogP contribution in [0.2, 0.25) is 0 Å². The van der Waals surface area contributed by atoms with E-state index in [0.29, 0.717) is 0 Å². The number of benzene rings is 8. The molecule has 8 aromatic carbocycles. The maximum atomic E-state index is 10.6. The number of amides is 1. The first-order chi connectivity index (χ1) is 31.6. The van der Waals surface area contributed by atoms with Gasteiger partial charge in [0, 0.05) is 79.1 Å². The predicted molar refractivity (Wildman–Crippen MR) is 292 cm³/mol. The van der Waals surface area contributed by atoms with Gasteiger partial charge in [-0.25, -0.2) is 0 Å². The first-order valence-electron chi connectivity index (χ1n) is 21.6. The van der Waals surface area contributed by atoms with Crippen LogP contribution in [0, 0.1) is 0 Å². The minimum atomic E-state index is -2.13. The third-order valence-corrected chi connectivity index (χ3v) is 19.2. The maximum Gasteiger partial charge on any atom is 0.0361 e. The Labute approximate surface area is 407 Å². The van der Waals surface area contributed by atoms with E-state index in [0.717, 1.165) is 0 Å². The van der Waals surface area contributed by atoms with Crippen LogP contribution in [0.25, 0.3) is 32.7 Å². The fourth-order valence-corrected chi connectivity index (χ4v) is 14.9. The summed E-state index contributed by atoms with van der Waals surface area (Å²) in [6, 6.07) is 64.6. The summed E-state index contributed by atoms with van der Waals surface area (Å²) in [5.41, 5.74) is 7.44. The summed E-state index contributed by atoms with van der Waals surface area (Å²) in [5.74, 6) is 0. The zero-order valence-electron chi connectivity index (χ0n) is 39.3. The van der Waals surface area contributed by atoms with Gasteiger partial charge in [-0.1, -0.05) is 121 Å². The van der Waals surface area contributed by atoms with Crippen LogP contribution in [0.1, 0.15) is 0 Å².